The van der Waals surface area contributed by atoms with Crippen molar-refractivity contribution in [1.29, 1.82) is 0 Å². The topological polar surface area (TPSA) is 52.8 Å². The lowest BCUT2D eigenvalue weighted by molar-refractivity contribution is 0.0997. The Balaban J connectivity index is 2.12. The molecular formula is C19H20N2O3S. The van der Waals surface area contributed by atoms with E-state index in [1.807, 2.05) is 11.6 Å². The molecule has 25 heavy (non-hydrogen) atoms. The SMILES string of the molecule is COc1cc(OC)cc(C(=O)N=c2sc3ccc(C)c(C)c3n2C)c1. The van der Waals surface area contributed by atoms with Gasteiger partial charge in [0, 0.05) is 18.7 Å². The lowest BCUT2D eigenvalue weighted by Crippen LogP contribution is -2.14. The largest absolute Gasteiger partial charge is 0.497 e. The van der Waals surface area contributed by atoms with Gasteiger partial charge < -0.3 is 14.0 Å². The van der Waals surface area contributed by atoms with Crippen LogP contribution in [0.3, 0.4) is 0 Å². The maximum atomic E-state index is 12.6. The van der Waals surface area contributed by atoms with Gasteiger partial charge in [-0.1, -0.05) is 17.4 Å². The quantitative estimate of drug-likeness (QED) is 0.720. The zero-order valence-corrected chi connectivity index (χ0v) is 15.7. The molecular weight excluding hydrogens is 336 g/mol. The van der Waals surface area contributed by atoms with E-state index in [1.54, 1.807) is 32.4 Å². The van der Waals surface area contributed by atoms with Crippen LogP contribution in [0.5, 0.6) is 11.5 Å². The second kappa shape index (κ2) is 6.72. The van der Waals surface area contributed by atoms with E-state index in [0.717, 1.165) is 10.2 Å². The summed E-state index contributed by atoms with van der Waals surface area (Å²) in [5.74, 6) is 0.795. The zero-order chi connectivity index (χ0) is 18.1. The van der Waals surface area contributed by atoms with Crippen LogP contribution in [0.4, 0.5) is 0 Å². The second-order valence-electron chi connectivity index (χ2n) is 5.82. The van der Waals surface area contributed by atoms with E-state index in [0.29, 0.717) is 21.9 Å². The molecule has 5 nitrogen and oxygen atoms in total. The molecule has 0 aliphatic carbocycles. The van der Waals surface area contributed by atoms with Crippen molar-refractivity contribution in [2.75, 3.05) is 14.2 Å². The van der Waals surface area contributed by atoms with E-state index < -0.39 is 0 Å². The molecule has 0 atom stereocenters. The molecule has 6 heteroatoms. The number of aryl methyl sites for hydroxylation is 3. The van der Waals surface area contributed by atoms with Gasteiger partial charge in [0.25, 0.3) is 5.91 Å². The number of aromatic nitrogens is 1. The van der Waals surface area contributed by atoms with E-state index in [-0.39, 0.29) is 5.91 Å². The number of ether oxygens (including phenoxy) is 2. The summed E-state index contributed by atoms with van der Waals surface area (Å²) in [7, 11) is 5.04. The van der Waals surface area contributed by atoms with Gasteiger partial charge in [-0.2, -0.15) is 4.99 Å². The van der Waals surface area contributed by atoms with Crippen molar-refractivity contribution < 1.29 is 14.3 Å². The maximum absolute atomic E-state index is 12.6. The summed E-state index contributed by atoms with van der Waals surface area (Å²) in [6.07, 6.45) is 0. The first-order valence-corrected chi connectivity index (χ1v) is 8.64. The van der Waals surface area contributed by atoms with Gasteiger partial charge in [-0.3, -0.25) is 4.79 Å². The zero-order valence-electron chi connectivity index (χ0n) is 14.9. The van der Waals surface area contributed by atoms with Crippen LogP contribution in [-0.4, -0.2) is 24.7 Å². The summed E-state index contributed by atoms with van der Waals surface area (Å²) in [5, 5.41) is 0. The second-order valence-corrected chi connectivity index (χ2v) is 6.83. The van der Waals surface area contributed by atoms with Gasteiger partial charge in [-0.15, -0.1) is 0 Å². The van der Waals surface area contributed by atoms with Gasteiger partial charge in [0.2, 0.25) is 0 Å². The highest BCUT2D eigenvalue weighted by atomic mass is 32.1. The van der Waals surface area contributed by atoms with Gasteiger partial charge >= 0.3 is 0 Å². The normalized spacial score (nSPS) is 11.8. The molecule has 0 saturated carbocycles. The van der Waals surface area contributed by atoms with Gasteiger partial charge in [0.15, 0.2) is 4.80 Å². The van der Waals surface area contributed by atoms with Crippen LogP contribution in [0.1, 0.15) is 21.5 Å². The Morgan fingerprint density at radius 3 is 2.32 bits per heavy atom. The summed E-state index contributed by atoms with van der Waals surface area (Å²) < 4.78 is 13.5. The molecule has 3 aromatic rings. The Kier molecular flexibility index (Phi) is 4.63. The fourth-order valence-corrected chi connectivity index (χ4v) is 3.79. The maximum Gasteiger partial charge on any atom is 0.279 e. The Morgan fingerprint density at radius 2 is 1.72 bits per heavy atom. The molecule has 0 fully saturated rings. The molecule has 1 heterocycles. The first-order valence-electron chi connectivity index (χ1n) is 7.82. The number of methoxy groups -OCH3 is 2. The van der Waals surface area contributed by atoms with Crippen molar-refractivity contribution in [3.05, 3.63) is 51.8 Å². The lowest BCUT2D eigenvalue weighted by atomic mass is 10.1. The highest BCUT2D eigenvalue weighted by Crippen LogP contribution is 2.24. The number of fused-ring (bicyclic) bond motifs is 1. The van der Waals surface area contributed by atoms with E-state index in [4.69, 9.17) is 9.47 Å². The minimum Gasteiger partial charge on any atom is -0.497 e. The van der Waals surface area contributed by atoms with Crippen LogP contribution in [0.15, 0.2) is 35.3 Å². The Bertz CT molecular complexity index is 1010. The number of thiazole rings is 1. The van der Waals surface area contributed by atoms with Gasteiger partial charge in [-0.25, -0.2) is 0 Å². The smallest absolute Gasteiger partial charge is 0.279 e. The number of hydrogen-bond acceptors (Lipinski definition) is 4. The molecule has 0 aliphatic heterocycles. The third-order valence-corrected chi connectivity index (χ3v) is 5.38. The van der Waals surface area contributed by atoms with Crippen LogP contribution >= 0.6 is 11.3 Å². The molecule has 3 rings (SSSR count). The third-order valence-electron chi connectivity index (χ3n) is 4.28. The fourth-order valence-electron chi connectivity index (χ4n) is 2.72. The summed E-state index contributed by atoms with van der Waals surface area (Å²) >= 11 is 1.50. The number of rotatable bonds is 3. The van der Waals surface area contributed by atoms with Crippen LogP contribution in [0.25, 0.3) is 10.2 Å². The third kappa shape index (κ3) is 3.17. The van der Waals surface area contributed by atoms with Crippen molar-refractivity contribution in [3.63, 3.8) is 0 Å². The number of amides is 1. The van der Waals surface area contributed by atoms with Crippen LogP contribution in [-0.2, 0) is 7.05 Å². The average Bonchev–Trinajstić information content (AvgIpc) is 2.94. The molecule has 0 spiro atoms. The Hall–Kier alpha value is -2.60. The van der Waals surface area contributed by atoms with E-state index in [9.17, 15) is 4.79 Å². The standard InChI is InChI=1S/C19H20N2O3S/c1-11-6-7-16-17(12(11)2)21(3)19(25-16)20-18(22)13-8-14(23-4)10-15(9-13)24-5/h6-10H,1-5H3. The van der Waals surface area contributed by atoms with Gasteiger partial charge in [0.1, 0.15) is 11.5 Å². The van der Waals surface area contributed by atoms with Gasteiger partial charge in [0.05, 0.1) is 24.4 Å². The van der Waals surface area contributed by atoms with Crippen LogP contribution in [0.2, 0.25) is 0 Å². The van der Waals surface area contributed by atoms with E-state index >= 15 is 0 Å². The summed E-state index contributed by atoms with van der Waals surface area (Å²) in [6, 6.07) is 9.21. The molecule has 0 aliphatic rings. The first kappa shape index (κ1) is 17.2. The fraction of sp³-hybridized carbons (Fsp3) is 0.263. The number of carbonyl (C=O) groups is 1. The molecule has 0 bridgehead atoms. The monoisotopic (exact) mass is 356 g/mol. The molecule has 0 unspecified atom stereocenters. The minimum atomic E-state index is -0.325. The van der Waals surface area contributed by atoms with Gasteiger partial charge in [-0.05, 0) is 43.2 Å². The van der Waals surface area contributed by atoms with E-state index in [2.05, 4.69) is 31.0 Å². The minimum absolute atomic E-state index is 0.325. The van der Waals surface area contributed by atoms with Crippen molar-refractivity contribution >= 4 is 27.5 Å². The van der Waals surface area contributed by atoms with Crippen LogP contribution in [0, 0.1) is 13.8 Å². The number of benzene rings is 2. The Labute approximate surface area is 150 Å². The molecule has 1 aromatic heterocycles. The molecule has 0 radical (unpaired) electrons. The molecule has 2 aromatic carbocycles. The van der Waals surface area contributed by atoms with E-state index in [1.165, 1.54) is 22.5 Å². The first-order chi connectivity index (χ1) is 11.9. The molecule has 1 amide bonds. The van der Waals surface area contributed by atoms with Crippen molar-refractivity contribution in [1.82, 2.24) is 4.57 Å². The number of carbonyl (C=O) groups excluding carboxylic acids is 1. The average molecular weight is 356 g/mol. The summed E-state index contributed by atoms with van der Waals surface area (Å²) in [5.41, 5.74) is 3.96. The highest BCUT2D eigenvalue weighted by molar-refractivity contribution is 7.16. The van der Waals surface area contributed by atoms with Crippen molar-refractivity contribution in [3.8, 4) is 11.5 Å². The highest BCUT2D eigenvalue weighted by Gasteiger charge is 2.12. The van der Waals surface area contributed by atoms with Crippen LogP contribution < -0.4 is 14.3 Å². The Morgan fingerprint density at radius 1 is 1.08 bits per heavy atom. The predicted molar refractivity (Wildman–Crippen MR) is 99.7 cm³/mol. The predicted octanol–water partition coefficient (Wildman–Crippen LogP) is 3.61. The summed E-state index contributed by atoms with van der Waals surface area (Å²) in [4.78, 5) is 17.6. The molecule has 0 N–H and O–H groups in total. The van der Waals surface area contributed by atoms with Crippen molar-refractivity contribution in [2.24, 2.45) is 12.0 Å². The van der Waals surface area contributed by atoms with Crippen molar-refractivity contribution in [2.45, 2.75) is 13.8 Å². The number of hydrogen-bond donors (Lipinski definition) is 0. The molecule has 0 saturated heterocycles. The molecule has 130 valence electrons. The number of nitrogens with zero attached hydrogens (tertiary/aromatic N) is 2. The lowest BCUT2D eigenvalue weighted by Gasteiger charge is -2.06. The summed E-state index contributed by atoms with van der Waals surface area (Å²) in [6.45, 7) is 4.17.